The largest absolute Gasteiger partial charge is 0.492 e. The predicted octanol–water partition coefficient (Wildman–Crippen LogP) is 1.93. The fourth-order valence-corrected chi connectivity index (χ4v) is 2.67. The lowest BCUT2D eigenvalue weighted by molar-refractivity contribution is 0.147. The van der Waals surface area contributed by atoms with Gasteiger partial charge in [-0.1, -0.05) is 0 Å². The van der Waals surface area contributed by atoms with Crippen LogP contribution >= 0.6 is 0 Å². The number of aliphatic hydroxyl groups excluding tert-OH is 1. The Labute approximate surface area is 174 Å². The van der Waals surface area contributed by atoms with Crippen molar-refractivity contribution in [2.24, 2.45) is 0 Å². The highest BCUT2D eigenvalue weighted by Crippen LogP contribution is 2.18. The Kier molecular flexibility index (Phi) is 8.66. The molecule has 8 heteroatoms. The zero-order valence-electron chi connectivity index (χ0n) is 16.2. The van der Waals surface area contributed by atoms with Crippen molar-refractivity contribution in [3.63, 3.8) is 0 Å². The molecule has 0 aliphatic rings. The molecule has 0 aromatic heterocycles. The molecule has 2 aromatic carbocycles. The number of nitrogens with zero attached hydrogens (tertiary/aromatic N) is 5. The second-order valence-corrected chi connectivity index (χ2v) is 6.12. The summed E-state index contributed by atoms with van der Waals surface area (Å²) in [4.78, 5) is 1.95. The van der Waals surface area contributed by atoms with Gasteiger partial charge in [-0.15, -0.1) is 0 Å². The minimum absolute atomic E-state index is 0.0229. The van der Waals surface area contributed by atoms with Crippen molar-refractivity contribution in [3.05, 3.63) is 58.7 Å². The molecule has 30 heavy (non-hydrogen) atoms. The Hall–Kier alpha value is -4.08. The van der Waals surface area contributed by atoms with Crippen molar-refractivity contribution in [2.45, 2.75) is 0 Å². The maximum absolute atomic E-state index is 9.26. The van der Waals surface area contributed by atoms with Crippen LogP contribution < -0.4 is 9.47 Å². The van der Waals surface area contributed by atoms with Crippen LogP contribution in [0.1, 0.15) is 22.3 Å². The summed E-state index contributed by atoms with van der Waals surface area (Å²) in [6.45, 7) is 2.09. The van der Waals surface area contributed by atoms with Gasteiger partial charge in [-0.2, -0.15) is 21.0 Å². The first-order valence-corrected chi connectivity index (χ1v) is 9.12. The van der Waals surface area contributed by atoms with Crippen LogP contribution in [0, 0.1) is 45.3 Å². The van der Waals surface area contributed by atoms with Crippen LogP contribution in [-0.4, -0.2) is 49.5 Å². The van der Waals surface area contributed by atoms with Crippen molar-refractivity contribution in [1.82, 2.24) is 4.90 Å². The third kappa shape index (κ3) is 6.23. The van der Waals surface area contributed by atoms with Crippen LogP contribution in [0.3, 0.4) is 0 Å². The summed E-state index contributed by atoms with van der Waals surface area (Å²) in [6, 6.07) is 17.2. The fourth-order valence-electron chi connectivity index (χ4n) is 2.67. The van der Waals surface area contributed by atoms with Crippen LogP contribution in [0.15, 0.2) is 36.4 Å². The highest BCUT2D eigenvalue weighted by Gasteiger charge is 2.08. The summed E-state index contributed by atoms with van der Waals surface area (Å²) < 4.78 is 11.3. The molecule has 2 rings (SSSR count). The van der Waals surface area contributed by atoms with Crippen LogP contribution in [0.25, 0.3) is 0 Å². The monoisotopic (exact) mass is 401 g/mol. The average molecular weight is 401 g/mol. The van der Waals surface area contributed by atoms with E-state index in [-0.39, 0.29) is 17.7 Å². The van der Waals surface area contributed by atoms with Crippen molar-refractivity contribution in [3.8, 4) is 35.8 Å². The van der Waals surface area contributed by atoms with Crippen LogP contribution in [0.4, 0.5) is 0 Å². The lowest BCUT2D eigenvalue weighted by atomic mass is 10.1. The molecule has 0 aliphatic heterocycles. The Morgan fingerprint density at radius 1 is 0.667 bits per heavy atom. The minimum atomic E-state index is -0.0229. The van der Waals surface area contributed by atoms with Gasteiger partial charge in [-0.3, -0.25) is 4.90 Å². The van der Waals surface area contributed by atoms with E-state index in [2.05, 4.69) is 0 Å². The number of benzene rings is 2. The number of aliphatic hydroxyl groups is 1. The van der Waals surface area contributed by atoms with Gasteiger partial charge in [-0.05, 0) is 36.4 Å². The standard InChI is InChI=1S/C22H19N5O3/c23-13-17-1-3-21(11-19(17)15-25)29-9-6-27(5-8-28)7-10-30-22-4-2-18(14-24)20(12-22)16-26/h1-4,11-12,28H,5-10H2. The van der Waals surface area contributed by atoms with Crippen LogP contribution in [0.2, 0.25) is 0 Å². The van der Waals surface area contributed by atoms with Gasteiger partial charge in [0.25, 0.3) is 0 Å². The Morgan fingerprint density at radius 3 is 1.47 bits per heavy atom. The van der Waals surface area contributed by atoms with E-state index in [4.69, 9.17) is 30.5 Å². The first-order chi connectivity index (χ1) is 14.6. The second-order valence-electron chi connectivity index (χ2n) is 6.12. The molecule has 0 saturated carbocycles. The topological polar surface area (TPSA) is 137 Å². The third-order valence-corrected chi connectivity index (χ3v) is 4.23. The third-order valence-electron chi connectivity index (χ3n) is 4.23. The zero-order chi connectivity index (χ0) is 21.8. The molecule has 0 saturated heterocycles. The molecule has 8 nitrogen and oxygen atoms in total. The smallest absolute Gasteiger partial charge is 0.120 e. The summed E-state index contributed by atoms with van der Waals surface area (Å²) in [5, 5.41) is 45.3. The molecule has 0 bridgehead atoms. The second kappa shape index (κ2) is 11.7. The van der Waals surface area contributed by atoms with Gasteiger partial charge in [0, 0.05) is 19.6 Å². The number of nitriles is 4. The molecule has 0 heterocycles. The van der Waals surface area contributed by atoms with Gasteiger partial charge in [0.2, 0.25) is 0 Å². The first-order valence-electron chi connectivity index (χ1n) is 9.12. The van der Waals surface area contributed by atoms with Crippen molar-refractivity contribution < 1.29 is 14.6 Å². The Morgan fingerprint density at radius 2 is 1.10 bits per heavy atom. The first kappa shape index (κ1) is 22.2. The maximum atomic E-state index is 9.26. The van der Waals surface area contributed by atoms with E-state index in [1.54, 1.807) is 24.3 Å². The number of hydrogen-bond donors (Lipinski definition) is 1. The summed E-state index contributed by atoms with van der Waals surface area (Å²) in [6.07, 6.45) is 0. The maximum Gasteiger partial charge on any atom is 0.120 e. The predicted molar refractivity (Wildman–Crippen MR) is 106 cm³/mol. The summed E-state index contributed by atoms with van der Waals surface area (Å²) >= 11 is 0. The normalized spacial score (nSPS) is 9.80. The molecular weight excluding hydrogens is 382 g/mol. The van der Waals surface area contributed by atoms with E-state index in [1.807, 2.05) is 29.2 Å². The zero-order valence-corrected chi connectivity index (χ0v) is 16.2. The quantitative estimate of drug-likeness (QED) is 0.637. The van der Waals surface area contributed by atoms with Gasteiger partial charge >= 0.3 is 0 Å². The Balaban J connectivity index is 1.85. The SMILES string of the molecule is N#Cc1ccc(OCCN(CCO)CCOc2ccc(C#N)c(C#N)c2)cc1C#N. The van der Waals surface area contributed by atoms with Crippen molar-refractivity contribution >= 4 is 0 Å². The lowest BCUT2D eigenvalue weighted by Crippen LogP contribution is -2.34. The molecule has 0 spiro atoms. The molecule has 1 N–H and O–H groups in total. The van der Waals surface area contributed by atoms with Crippen LogP contribution in [0.5, 0.6) is 11.5 Å². The summed E-state index contributed by atoms with van der Waals surface area (Å²) in [5.74, 6) is 0.986. The summed E-state index contributed by atoms with van der Waals surface area (Å²) in [7, 11) is 0. The number of hydrogen-bond acceptors (Lipinski definition) is 8. The molecular formula is C22H19N5O3. The van der Waals surface area contributed by atoms with E-state index >= 15 is 0 Å². The van der Waals surface area contributed by atoms with Crippen LogP contribution in [-0.2, 0) is 0 Å². The van der Waals surface area contributed by atoms with Gasteiger partial charge in [0.1, 0.15) is 49.0 Å². The summed E-state index contributed by atoms with van der Waals surface area (Å²) in [5.41, 5.74) is 1.11. The highest BCUT2D eigenvalue weighted by atomic mass is 16.5. The molecule has 150 valence electrons. The van der Waals surface area contributed by atoms with Gasteiger partial charge in [0.05, 0.1) is 28.9 Å². The molecule has 0 amide bonds. The van der Waals surface area contributed by atoms with Gasteiger partial charge in [-0.25, -0.2) is 0 Å². The van der Waals surface area contributed by atoms with E-state index in [9.17, 15) is 5.11 Å². The average Bonchev–Trinajstić information content (AvgIpc) is 2.78. The van der Waals surface area contributed by atoms with E-state index < -0.39 is 0 Å². The van der Waals surface area contributed by atoms with E-state index in [0.717, 1.165) is 0 Å². The lowest BCUT2D eigenvalue weighted by Gasteiger charge is -2.21. The Bertz CT molecular complexity index is 959. The minimum Gasteiger partial charge on any atom is -0.492 e. The number of ether oxygens (including phenoxy) is 2. The number of rotatable bonds is 10. The van der Waals surface area contributed by atoms with Gasteiger partial charge in [0.15, 0.2) is 0 Å². The molecule has 2 aromatic rings. The van der Waals surface area contributed by atoms with E-state index in [0.29, 0.717) is 55.5 Å². The van der Waals surface area contributed by atoms with Crippen molar-refractivity contribution in [2.75, 3.05) is 39.5 Å². The molecule has 0 unspecified atom stereocenters. The molecule has 0 fully saturated rings. The fraction of sp³-hybridized carbons (Fsp3) is 0.273. The van der Waals surface area contributed by atoms with E-state index in [1.165, 1.54) is 12.1 Å². The van der Waals surface area contributed by atoms with Gasteiger partial charge < -0.3 is 14.6 Å². The highest BCUT2D eigenvalue weighted by molar-refractivity contribution is 5.49. The molecule has 0 aliphatic carbocycles. The molecule has 0 radical (unpaired) electrons. The van der Waals surface area contributed by atoms with Crippen molar-refractivity contribution in [1.29, 1.82) is 21.0 Å². The molecule has 0 atom stereocenters.